The van der Waals surface area contributed by atoms with Gasteiger partial charge in [0.1, 0.15) is 0 Å². The van der Waals surface area contributed by atoms with E-state index in [-0.39, 0.29) is 12.5 Å². The molecule has 1 saturated heterocycles. The van der Waals surface area contributed by atoms with Crippen LogP contribution in [0.25, 0.3) is 10.9 Å². The number of ether oxygens (including phenoxy) is 1. The van der Waals surface area contributed by atoms with Crippen LogP contribution in [0.5, 0.6) is 0 Å². The molecule has 1 aliphatic heterocycles. The van der Waals surface area contributed by atoms with Crippen LogP contribution in [0.3, 0.4) is 0 Å². The van der Waals surface area contributed by atoms with Crippen molar-refractivity contribution in [2.75, 3.05) is 50.1 Å². The fraction of sp³-hybridized carbons (Fsp3) is 0.333. The number of methoxy groups -OCH3 is 1. The molecular formula is C24H28N4O3. The molecular weight excluding hydrogens is 392 g/mol. The normalized spacial score (nSPS) is 14.6. The standard InChI is InChI=1S/C24H28N4O3/c1-17-9-10-20-19(15-17)22(23(26(20)2)24(30)31-3)25-21(29)16-27-11-13-28(14-12-27)18-7-5-4-6-8-18/h4-10,15H,11-14,16H2,1-3H3,(H,25,29). The summed E-state index contributed by atoms with van der Waals surface area (Å²) in [5.41, 5.74) is 4.01. The largest absolute Gasteiger partial charge is 0.464 e. The van der Waals surface area contributed by atoms with Gasteiger partial charge in [0.2, 0.25) is 5.91 Å². The molecule has 1 N–H and O–H groups in total. The molecule has 1 fully saturated rings. The van der Waals surface area contributed by atoms with Gasteiger partial charge in [-0.1, -0.05) is 29.8 Å². The molecule has 0 unspecified atom stereocenters. The summed E-state index contributed by atoms with van der Waals surface area (Å²) in [4.78, 5) is 29.8. The quantitative estimate of drug-likeness (QED) is 0.643. The molecule has 7 heteroatoms. The maximum Gasteiger partial charge on any atom is 0.356 e. The van der Waals surface area contributed by atoms with Gasteiger partial charge in [-0.2, -0.15) is 0 Å². The van der Waals surface area contributed by atoms with Crippen molar-refractivity contribution < 1.29 is 14.3 Å². The van der Waals surface area contributed by atoms with E-state index in [4.69, 9.17) is 4.74 Å². The predicted molar refractivity (Wildman–Crippen MR) is 123 cm³/mol. The Morgan fingerprint density at radius 1 is 1.03 bits per heavy atom. The number of rotatable bonds is 5. The maximum atomic E-state index is 12.9. The number of carbonyl (C=O) groups excluding carboxylic acids is 2. The number of anilines is 2. The number of benzene rings is 2. The summed E-state index contributed by atoms with van der Waals surface area (Å²) in [5.74, 6) is -0.601. The number of fused-ring (bicyclic) bond motifs is 1. The lowest BCUT2D eigenvalue weighted by molar-refractivity contribution is -0.117. The minimum Gasteiger partial charge on any atom is -0.464 e. The Morgan fingerprint density at radius 3 is 2.42 bits per heavy atom. The van der Waals surface area contributed by atoms with Crippen molar-refractivity contribution in [3.63, 3.8) is 0 Å². The Labute approximate surface area is 182 Å². The Hall–Kier alpha value is -3.32. The zero-order chi connectivity index (χ0) is 22.0. The second kappa shape index (κ2) is 8.81. The average Bonchev–Trinajstić information content (AvgIpc) is 3.05. The number of hydrogen-bond donors (Lipinski definition) is 1. The molecule has 7 nitrogen and oxygen atoms in total. The molecule has 2 aromatic carbocycles. The van der Waals surface area contributed by atoms with Crippen molar-refractivity contribution in [3.8, 4) is 0 Å². The SMILES string of the molecule is COC(=O)c1c(NC(=O)CN2CCN(c3ccccc3)CC2)c2cc(C)ccc2n1C. The Bertz CT molecular complexity index is 1100. The van der Waals surface area contributed by atoms with E-state index in [9.17, 15) is 9.59 Å². The highest BCUT2D eigenvalue weighted by Crippen LogP contribution is 2.32. The highest BCUT2D eigenvalue weighted by Gasteiger charge is 2.25. The molecule has 1 aliphatic rings. The second-order valence-corrected chi connectivity index (χ2v) is 7.94. The molecule has 162 valence electrons. The summed E-state index contributed by atoms with van der Waals surface area (Å²) in [7, 11) is 3.16. The number of nitrogens with one attached hydrogen (secondary N) is 1. The van der Waals surface area contributed by atoms with E-state index in [0.717, 1.165) is 42.6 Å². The molecule has 3 aromatic rings. The smallest absolute Gasteiger partial charge is 0.356 e. The summed E-state index contributed by atoms with van der Waals surface area (Å²) < 4.78 is 6.75. The van der Waals surface area contributed by atoms with Gasteiger partial charge in [-0.3, -0.25) is 9.69 Å². The number of nitrogens with zero attached hydrogens (tertiary/aromatic N) is 3. The molecule has 0 saturated carbocycles. The number of piperazine rings is 1. The number of hydrogen-bond acceptors (Lipinski definition) is 5. The Kier molecular flexibility index (Phi) is 5.95. The van der Waals surface area contributed by atoms with E-state index < -0.39 is 5.97 Å². The van der Waals surface area contributed by atoms with Crippen molar-refractivity contribution in [1.29, 1.82) is 0 Å². The number of amides is 1. The monoisotopic (exact) mass is 420 g/mol. The first kappa shape index (κ1) is 20.9. The van der Waals surface area contributed by atoms with Crippen LogP contribution in [0.2, 0.25) is 0 Å². The van der Waals surface area contributed by atoms with Gasteiger partial charge in [-0.05, 0) is 31.2 Å². The minimum atomic E-state index is -0.469. The number of esters is 1. The van der Waals surface area contributed by atoms with Gasteiger partial charge in [0, 0.05) is 44.3 Å². The highest BCUT2D eigenvalue weighted by atomic mass is 16.5. The van der Waals surface area contributed by atoms with Crippen LogP contribution < -0.4 is 10.2 Å². The molecule has 0 spiro atoms. The summed E-state index contributed by atoms with van der Waals surface area (Å²) in [6.45, 7) is 5.63. The predicted octanol–water partition coefficient (Wildman–Crippen LogP) is 3.03. The van der Waals surface area contributed by atoms with E-state index >= 15 is 0 Å². The topological polar surface area (TPSA) is 66.8 Å². The lowest BCUT2D eigenvalue weighted by Crippen LogP contribution is -2.48. The molecule has 0 bridgehead atoms. The number of aromatic nitrogens is 1. The van der Waals surface area contributed by atoms with Crippen molar-refractivity contribution in [3.05, 3.63) is 59.8 Å². The Balaban J connectivity index is 1.48. The third kappa shape index (κ3) is 4.27. The van der Waals surface area contributed by atoms with Gasteiger partial charge >= 0.3 is 5.97 Å². The zero-order valence-electron chi connectivity index (χ0n) is 18.2. The molecule has 0 atom stereocenters. The van der Waals surface area contributed by atoms with Gasteiger partial charge in [0.25, 0.3) is 0 Å². The van der Waals surface area contributed by atoms with Crippen LogP contribution in [0, 0.1) is 6.92 Å². The molecule has 2 heterocycles. The third-order valence-corrected chi connectivity index (χ3v) is 5.86. The number of para-hydroxylation sites is 1. The van der Waals surface area contributed by atoms with Gasteiger partial charge in [-0.25, -0.2) is 4.79 Å². The fourth-order valence-electron chi connectivity index (χ4n) is 4.21. The Morgan fingerprint density at radius 2 is 1.74 bits per heavy atom. The lowest BCUT2D eigenvalue weighted by atomic mass is 10.1. The van der Waals surface area contributed by atoms with E-state index in [1.807, 2.05) is 50.4 Å². The molecule has 0 aliphatic carbocycles. The van der Waals surface area contributed by atoms with Crippen LogP contribution in [0.1, 0.15) is 16.1 Å². The van der Waals surface area contributed by atoms with Crippen LogP contribution in [-0.4, -0.2) is 61.2 Å². The van der Waals surface area contributed by atoms with Gasteiger partial charge in [-0.15, -0.1) is 0 Å². The van der Waals surface area contributed by atoms with Gasteiger partial charge in [0.15, 0.2) is 5.69 Å². The van der Waals surface area contributed by atoms with Gasteiger partial charge < -0.3 is 19.5 Å². The second-order valence-electron chi connectivity index (χ2n) is 7.94. The van der Waals surface area contributed by atoms with Crippen molar-refractivity contribution in [2.45, 2.75) is 6.92 Å². The number of carbonyl (C=O) groups is 2. The molecule has 1 aromatic heterocycles. The van der Waals surface area contributed by atoms with Crippen LogP contribution in [0.15, 0.2) is 48.5 Å². The molecule has 31 heavy (non-hydrogen) atoms. The summed E-state index contributed by atoms with van der Waals surface area (Å²) in [5, 5.41) is 3.83. The molecule has 0 radical (unpaired) electrons. The lowest BCUT2D eigenvalue weighted by Gasteiger charge is -2.35. The summed E-state index contributed by atoms with van der Waals surface area (Å²) >= 11 is 0. The molecule has 4 rings (SSSR count). The first-order valence-corrected chi connectivity index (χ1v) is 10.5. The van der Waals surface area contributed by atoms with E-state index in [2.05, 4.69) is 27.2 Å². The van der Waals surface area contributed by atoms with E-state index in [1.165, 1.54) is 12.8 Å². The first-order valence-electron chi connectivity index (χ1n) is 10.5. The molecule has 1 amide bonds. The van der Waals surface area contributed by atoms with Crippen molar-refractivity contribution in [1.82, 2.24) is 9.47 Å². The summed E-state index contributed by atoms with van der Waals surface area (Å²) in [6.07, 6.45) is 0. The fourth-order valence-corrected chi connectivity index (χ4v) is 4.21. The average molecular weight is 421 g/mol. The zero-order valence-corrected chi connectivity index (χ0v) is 18.2. The van der Waals surface area contributed by atoms with E-state index in [0.29, 0.717) is 11.4 Å². The first-order chi connectivity index (χ1) is 15.0. The maximum absolute atomic E-state index is 12.9. The van der Waals surface area contributed by atoms with Crippen LogP contribution >= 0.6 is 0 Å². The minimum absolute atomic E-state index is 0.132. The van der Waals surface area contributed by atoms with Crippen molar-refractivity contribution >= 4 is 34.2 Å². The van der Waals surface area contributed by atoms with Crippen molar-refractivity contribution in [2.24, 2.45) is 7.05 Å². The van der Waals surface area contributed by atoms with Crippen LogP contribution in [0.4, 0.5) is 11.4 Å². The van der Waals surface area contributed by atoms with Gasteiger partial charge in [0.05, 0.1) is 24.9 Å². The summed E-state index contributed by atoms with van der Waals surface area (Å²) in [6, 6.07) is 16.2. The van der Waals surface area contributed by atoms with Crippen LogP contribution in [-0.2, 0) is 16.6 Å². The van der Waals surface area contributed by atoms with E-state index in [1.54, 1.807) is 4.57 Å². The third-order valence-electron chi connectivity index (χ3n) is 5.86. The number of aryl methyl sites for hydroxylation is 2. The highest BCUT2D eigenvalue weighted by molar-refractivity contribution is 6.11.